The van der Waals surface area contributed by atoms with Gasteiger partial charge in [0.1, 0.15) is 0 Å². The molecule has 30 heavy (non-hydrogen) atoms. The van der Waals surface area contributed by atoms with E-state index in [0.717, 1.165) is 51.9 Å². The fraction of sp³-hybridized carbons (Fsp3) is 0.667. The molecule has 2 saturated heterocycles. The normalized spacial score (nSPS) is 24.3. The Bertz CT molecular complexity index is 765. The van der Waals surface area contributed by atoms with Crippen LogP contribution in [0.3, 0.4) is 0 Å². The minimum atomic E-state index is -0.166. The lowest BCUT2D eigenvalue weighted by atomic mass is 9.63. The number of piperidine rings is 2. The summed E-state index contributed by atoms with van der Waals surface area (Å²) in [5.41, 5.74) is 3.01. The molecule has 0 bridgehead atoms. The lowest BCUT2D eigenvalue weighted by molar-refractivity contribution is -0.119. The van der Waals surface area contributed by atoms with Gasteiger partial charge in [-0.25, -0.2) is 4.79 Å². The zero-order valence-electron chi connectivity index (χ0n) is 18.4. The van der Waals surface area contributed by atoms with Crippen molar-refractivity contribution in [3.63, 3.8) is 0 Å². The summed E-state index contributed by atoms with van der Waals surface area (Å²) in [6.45, 7) is 7.73. The number of fused-ring (bicyclic) bond motifs is 2. The van der Waals surface area contributed by atoms with Crippen molar-refractivity contribution < 1.29 is 14.3 Å². The van der Waals surface area contributed by atoms with Gasteiger partial charge in [0, 0.05) is 26.1 Å². The molecule has 3 aliphatic rings. The second-order valence-electron chi connectivity index (χ2n) is 9.11. The summed E-state index contributed by atoms with van der Waals surface area (Å²) in [6.07, 6.45) is 6.42. The van der Waals surface area contributed by atoms with Crippen LogP contribution in [0.2, 0.25) is 0 Å². The molecule has 2 aliphatic heterocycles. The Labute approximate surface area is 179 Å². The van der Waals surface area contributed by atoms with Gasteiger partial charge in [-0.1, -0.05) is 24.3 Å². The molecule has 1 aromatic rings. The maximum Gasteiger partial charge on any atom is 0.409 e. The third-order valence-electron chi connectivity index (χ3n) is 7.46. The van der Waals surface area contributed by atoms with Gasteiger partial charge in [-0.2, -0.15) is 0 Å². The number of carbonyl (C=O) groups excluding carboxylic acids is 2. The maximum atomic E-state index is 12.0. The third-order valence-corrected chi connectivity index (χ3v) is 7.46. The Morgan fingerprint density at radius 2 is 1.77 bits per heavy atom. The molecule has 2 amide bonds. The van der Waals surface area contributed by atoms with Crippen LogP contribution in [-0.2, 0) is 14.9 Å². The molecular formula is C24H35N3O3. The number of amides is 2. The molecule has 2 heterocycles. The second kappa shape index (κ2) is 8.96. The molecule has 1 N–H and O–H groups in total. The Kier molecular flexibility index (Phi) is 6.32. The van der Waals surface area contributed by atoms with Gasteiger partial charge in [0.05, 0.1) is 12.6 Å². The van der Waals surface area contributed by atoms with Crippen LogP contribution in [0.5, 0.6) is 0 Å². The van der Waals surface area contributed by atoms with Crippen LogP contribution in [0, 0.1) is 0 Å². The highest BCUT2D eigenvalue weighted by Crippen LogP contribution is 2.48. The summed E-state index contributed by atoms with van der Waals surface area (Å²) in [4.78, 5) is 28.1. The number of likely N-dealkylation sites (tertiary alicyclic amines) is 2. The summed E-state index contributed by atoms with van der Waals surface area (Å²) in [5.74, 6) is 0.0507. The average molecular weight is 414 g/mol. The molecule has 164 valence electrons. The lowest BCUT2D eigenvalue weighted by Gasteiger charge is -2.49. The summed E-state index contributed by atoms with van der Waals surface area (Å²) < 4.78 is 5.15. The van der Waals surface area contributed by atoms with E-state index in [0.29, 0.717) is 12.6 Å². The molecule has 1 aromatic carbocycles. The highest BCUT2D eigenvalue weighted by atomic mass is 16.6. The van der Waals surface area contributed by atoms with Gasteiger partial charge in [0.2, 0.25) is 5.91 Å². The SMILES string of the molecule is CCOC(=O)N1CCC(N2CCC3(CC[C@H](NC(C)=O)c4ccccc43)CC2)CC1. The van der Waals surface area contributed by atoms with Gasteiger partial charge in [-0.05, 0) is 75.1 Å². The summed E-state index contributed by atoms with van der Waals surface area (Å²) in [7, 11) is 0. The van der Waals surface area contributed by atoms with E-state index < -0.39 is 0 Å². The molecule has 2 fully saturated rings. The van der Waals surface area contributed by atoms with Gasteiger partial charge in [-0.15, -0.1) is 0 Å². The van der Waals surface area contributed by atoms with E-state index in [1.54, 1.807) is 6.92 Å². The van der Waals surface area contributed by atoms with E-state index in [1.807, 2.05) is 11.8 Å². The third kappa shape index (κ3) is 4.20. The highest BCUT2D eigenvalue weighted by molar-refractivity contribution is 5.73. The standard InChI is InChI=1S/C24H35N3O3/c1-3-30-23(29)27-14-9-19(10-15-27)26-16-12-24(13-17-26)11-8-22(25-18(2)28)20-6-4-5-7-21(20)24/h4-7,19,22H,3,8-17H2,1-2H3,(H,25,28)/t22-/m0/s1. The molecule has 1 atom stereocenters. The van der Waals surface area contributed by atoms with E-state index in [1.165, 1.54) is 24.0 Å². The molecule has 0 radical (unpaired) electrons. The molecule has 6 heteroatoms. The van der Waals surface area contributed by atoms with Gasteiger partial charge in [-0.3, -0.25) is 4.79 Å². The van der Waals surface area contributed by atoms with E-state index >= 15 is 0 Å². The van der Waals surface area contributed by atoms with Crippen LogP contribution in [0.15, 0.2) is 24.3 Å². The molecule has 6 nitrogen and oxygen atoms in total. The minimum absolute atomic E-state index is 0.0507. The van der Waals surface area contributed by atoms with Crippen LogP contribution in [-0.4, -0.2) is 60.6 Å². The second-order valence-corrected chi connectivity index (χ2v) is 9.11. The highest BCUT2D eigenvalue weighted by Gasteiger charge is 2.43. The predicted molar refractivity (Wildman–Crippen MR) is 116 cm³/mol. The number of benzene rings is 1. The largest absolute Gasteiger partial charge is 0.450 e. The molecular weight excluding hydrogens is 378 g/mol. The van der Waals surface area contributed by atoms with Crippen molar-refractivity contribution in [1.29, 1.82) is 0 Å². The van der Waals surface area contributed by atoms with Crippen LogP contribution < -0.4 is 5.32 Å². The van der Waals surface area contributed by atoms with Crippen LogP contribution in [0.1, 0.15) is 69.5 Å². The summed E-state index contributed by atoms with van der Waals surface area (Å²) in [5, 5.41) is 3.15. The Hall–Kier alpha value is -2.08. The smallest absolute Gasteiger partial charge is 0.409 e. The van der Waals surface area contributed by atoms with Crippen LogP contribution in [0.25, 0.3) is 0 Å². The molecule has 0 aromatic heterocycles. The Morgan fingerprint density at radius 3 is 2.43 bits per heavy atom. The fourth-order valence-corrected chi connectivity index (χ4v) is 5.85. The zero-order chi connectivity index (χ0) is 21.1. The van der Waals surface area contributed by atoms with Crippen molar-refractivity contribution >= 4 is 12.0 Å². The topological polar surface area (TPSA) is 61.9 Å². The van der Waals surface area contributed by atoms with E-state index in [9.17, 15) is 9.59 Å². The number of ether oxygens (including phenoxy) is 1. The lowest BCUT2D eigenvalue weighted by Crippen LogP contribution is -2.52. The summed E-state index contributed by atoms with van der Waals surface area (Å²) >= 11 is 0. The van der Waals surface area contributed by atoms with E-state index in [2.05, 4.69) is 34.5 Å². The number of hydrogen-bond donors (Lipinski definition) is 1. The van der Waals surface area contributed by atoms with Crippen LogP contribution >= 0.6 is 0 Å². The first-order valence-corrected chi connectivity index (χ1v) is 11.5. The van der Waals surface area contributed by atoms with Gasteiger partial charge >= 0.3 is 6.09 Å². The molecule has 0 saturated carbocycles. The minimum Gasteiger partial charge on any atom is -0.450 e. The van der Waals surface area contributed by atoms with Crippen molar-refractivity contribution in [2.45, 2.75) is 69.9 Å². The van der Waals surface area contributed by atoms with E-state index in [-0.39, 0.29) is 23.5 Å². The monoisotopic (exact) mass is 413 g/mol. The van der Waals surface area contributed by atoms with Crippen molar-refractivity contribution in [1.82, 2.24) is 15.1 Å². The fourth-order valence-electron chi connectivity index (χ4n) is 5.85. The number of nitrogens with zero attached hydrogens (tertiary/aromatic N) is 2. The van der Waals surface area contributed by atoms with E-state index in [4.69, 9.17) is 4.74 Å². The Balaban J connectivity index is 1.38. The number of nitrogens with one attached hydrogen (secondary N) is 1. The number of hydrogen-bond acceptors (Lipinski definition) is 4. The van der Waals surface area contributed by atoms with Crippen molar-refractivity contribution in [3.8, 4) is 0 Å². The average Bonchev–Trinajstić information content (AvgIpc) is 2.77. The molecule has 4 rings (SSSR count). The first-order valence-electron chi connectivity index (χ1n) is 11.5. The zero-order valence-corrected chi connectivity index (χ0v) is 18.4. The maximum absolute atomic E-state index is 12.0. The van der Waals surface area contributed by atoms with Crippen molar-refractivity contribution in [2.75, 3.05) is 32.8 Å². The first-order chi connectivity index (χ1) is 14.5. The molecule has 0 unspecified atom stereocenters. The van der Waals surface area contributed by atoms with Gasteiger partial charge < -0.3 is 19.9 Å². The number of carbonyl (C=O) groups is 2. The Morgan fingerprint density at radius 1 is 1.07 bits per heavy atom. The summed E-state index contributed by atoms with van der Waals surface area (Å²) in [6, 6.07) is 9.45. The molecule has 1 aliphatic carbocycles. The first kappa shape index (κ1) is 21.2. The van der Waals surface area contributed by atoms with Crippen LogP contribution in [0.4, 0.5) is 4.79 Å². The van der Waals surface area contributed by atoms with Crippen molar-refractivity contribution in [3.05, 3.63) is 35.4 Å². The quantitative estimate of drug-likeness (QED) is 0.822. The molecule has 1 spiro atoms. The van der Waals surface area contributed by atoms with Gasteiger partial charge in [0.15, 0.2) is 0 Å². The predicted octanol–water partition coefficient (Wildman–Crippen LogP) is 3.61. The van der Waals surface area contributed by atoms with Crippen molar-refractivity contribution in [2.24, 2.45) is 0 Å². The van der Waals surface area contributed by atoms with Gasteiger partial charge in [0.25, 0.3) is 0 Å². The number of rotatable bonds is 3.